The number of nitrogens with zero attached hydrogens (tertiary/aromatic N) is 2. The van der Waals surface area contributed by atoms with Crippen molar-refractivity contribution in [3.8, 4) is 17.5 Å². The minimum absolute atomic E-state index is 0.193. The molecule has 0 aliphatic rings. The van der Waals surface area contributed by atoms with E-state index in [4.69, 9.17) is 39.3 Å². The SMILES string of the molecule is N#Cc1ccc(N)cc1.O=C(O)c1ccc2nc(-c3c(Cl)cccc3Cl)[nH]c2c1. The number of benzene rings is 3. The van der Waals surface area contributed by atoms with Crippen LogP contribution in [0.5, 0.6) is 0 Å². The molecule has 4 rings (SSSR count). The average Bonchev–Trinajstić information content (AvgIpc) is 3.11. The number of hydrogen-bond donors (Lipinski definition) is 3. The molecule has 3 aromatic carbocycles. The van der Waals surface area contributed by atoms with Crippen LogP contribution in [0.25, 0.3) is 22.4 Å². The van der Waals surface area contributed by atoms with Gasteiger partial charge in [-0.1, -0.05) is 29.3 Å². The number of fused-ring (bicyclic) bond motifs is 1. The largest absolute Gasteiger partial charge is 0.478 e. The first-order valence-electron chi connectivity index (χ1n) is 8.32. The van der Waals surface area contributed by atoms with Crippen LogP contribution in [0.4, 0.5) is 5.69 Å². The Hall–Kier alpha value is -3.53. The van der Waals surface area contributed by atoms with Crippen molar-refractivity contribution in [2.24, 2.45) is 0 Å². The summed E-state index contributed by atoms with van der Waals surface area (Å²) in [5, 5.41) is 18.3. The van der Waals surface area contributed by atoms with Crippen molar-refractivity contribution in [3.05, 3.63) is 81.8 Å². The number of rotatable bonds is 2. The number of nitrogens with two attached hydrogens (primary N) is 1. The van der Waals surface area contributed by atoms with Crippen LogP contribution in [0.15, 0.2) is 60.7 Å². The van der Waals surface area contributed by atoms with Gasteiger partial charge in [-0.2, -0.15) is 5.26 Å². The molecule has 0 atom stereocenters. The fourth-order valence-electron chi connectivity index (χ4n) is 2.54. The summed E-state index contributed by atoms with van der Waals surface area (Å²) in [6.07, 6.45) is 0. The monoisotopic (exact) mass is 424 g/mol. The molecule has 0 aliphatic carbocycles. The summed E-state index contributed by atoms with van der Waals surface area (Å²) in [6, 6.07) is 18.7. The van der Waals surface area contributed by atoms with E-state index in [1.165, 1.54) is 12.1 Å². The predicted octanol–water partition coefficient (Wildman–Crippen LogP) is 5.38. The summed E-state index contributed by atoms with van der Waals surface area (Å²) in [5.41, 5.74) is 8.77. The van der Waals surface area contributed by atoms with Gasteiger partial charge in [0.05, 0.1) is 43.8 Å². The Morgan fingerprint density at radius 3 is 2.31 bits per heavy atom. The lowest BCUT2D eigenvalue weighted by Gasteiger charge is -2.02. The molecule has 29 heavy (non-hydrogen) atoms. The molecule has 0 unspecified atom stereocenters. The lowest BCUT2D eigenvalue weighted by Crippen LogP contribution is -1.94. The molecule has 0 bridgehead atoms. The number of imidazole rings is 1. The second kappa shape index (κ2) is 8.65. The molecule has 0 spiro atoms. The number of aromatic amines is 1. The third-order valence-corrected chi connectivity index (χ3v) is 4.60. The average molecular weight is 425 g/mol. The van der Waals surface area contributed by atoms with Crippen LogP contribution >= 0.6 is 23.2 Å². The van der Waals surface area contributed by atoms with Crippen molar-refractivity contribution in [3.63, 3.8) is 0 Å². The second-order valence-electron chi connectivity index (χ2n) is 5.95. The van der Waals surface area contributed by atoms with Crippen LogP contribution in [0.2, 0.25) is 10.0 Å². The normalized spacial score (nSPS) is 10.1. The molecule has 4 N–H and O–H groups in total. The lowest BCUT2D eigenvalue weighted by molar-refractivity contribution is 0.0697. The van der Waals surface area contributed by atoms with E-state index in [0.717, 1.165) is 0 Å². The van der Waals surface area contributed by atoms with Gasteiger partial charge in [-0.15, -0.1) is 0 Å². The minimum Gasteiger partial charge on any atom is -0.478 e. The van der Waals surface area contributed by atoms with Gasteiger partial charge < -0.3 is 15.8 Å². The number of carboxylic acid groups (broad SMARTS) is 1. The molecule has 0 saturated heterocycles. The highest BCUT2D eigenvalue weighted by Gasteiger charge is 2.13. The first-order chi connectivity index (χ1) is 13.9. The Balaban J connectivity index is 0.000000224. The number of carbonyl (C=O) groups is 1. The van der Waals surface area contributed by atoms with E-state index < -0.39 is 5.97 Å². The number of nitrogens with one attached hydrogen (secondary N) is 1. The van der Waals surface area contributed by atoms with Crippen molar-refractivity contribution in [1.82, 2.24) is 9.97 Å². The Morgan fingerprint density at radius 1 is 1.07 bits per heavy atom. The molecule has 0 amide bonds. The van der Waals surface area contributed by atoms with Crippen molar-refractivity contribution < 1.29 is 9.90 Å². The number of H-pyrrole nitrogens is 1. The van der Waals surface area contributed by atoms with Crippen molar-refractivity contribution in [2.75, 3.05) is 5.73 Å². The molecule has 0 saturated carbocycles. The zero-order valence-electron chi connectivity index (χ0n) is 14.9. The topological polar surface area (TPSA) is 116 Å². The number of nitriles is 1. The first-order valence-corrected chi connectivity index (χ1v) is 9.07. The third-order valence-electron chi connectivity index (χ3n) is 3.97. The maximum absolute atomic E-state index is 11.0. The molecule has 144 valence electrons. The van der Waals surface area contributed by atoms with Crippen LogP contribution in [0.1, 0.15) is 15.9 Å². The summed E-state index contributed by atoms with van der Waals surface area (Å²) in [5.74, 6) is -0.475. The predicted molar refractivity (Wildman–Crippen MR) is 114 cm³/mol. The number of aromatic carboxylic acids is 1. The number of hydrogen-bond acceptors (Lipinski definition) is 4. The van der Waals surface area contributed by atoms with E-state index >= 15 is 0 Å². The van der Waals surface area contributed by atoms with E-state index in [2.05, 4.69) is 9.97 Å². The van der Waals surface area contributed by atoms with Crippen LogP contribution < -0.4 is 5.73 Å². The van der Waals surface area contributed by atoms with Gasteiger partial charge in [0.15, 0.2) is 0 Å². The minimum atomic E-state index is -0.987. The van der Waals surface area contributed by atoms with Gasteiger partial charge >= 0.3 is 5.97 Å². The number of halogens is 2. The highest BCUT2D eigenvalue weighted by Crippen LogP contribution is 2.33. The summed E-state index contributed by atoms with van der Waals surface area (Å²) < 4.78 is 0. The Labute approximate surface area is 176 Å². The molecule has 6 nitrogen and oxygen atoms in total. The maximum Gasteiger partial charge on any atom is 0.335 e. The van der Waals surface area contributed by atoms with Gasteiger partial charge in [-0.3, -0.25) is 0 Å². The van der Waals surface area contributed by atoms with Crippen LogP contribution in [0.3, 0.4) is 0 Å². The zero-order chi connectivity index (χ0) is 21.0. The van der Waals surface area contributed by atoms with Crippen LogP contribution in [0, 0.1) is 11.3 Å². The fraction of sp³-hybridized carbons (Fsp3) is 0. The van der Waals surface area contributed by atoms with Crippen molar-refractivity contribution >= 4 is 45.9 Å². The smallest absolute Gasteiger partial charge is 0.335 e. The molecular weight excluding hydrogens is 411 g/mol. The van der Waals surface area contributed by atoms with E-state index in [1.54, 1.807) is 48.5 Å². The molecule has 1 aromatic heterocycles. The number of nitrogen functional groups attached to an aromatic ring is 1. The first kappa shape index (κ1) is 20.2. The highest BCUT2D eigenvalue weighted by molar-refractivity contribution is 6.39. The number of aromatic nitrogens is 2. The molecule has 0 aliphatic heterocycles. The number of anilines is 1. The van der Waals surface area contributed by atoms with Crippen molar-refractivity contribution in [1.29, 1.82) is 5.26 Å². The van der Waals surface area contributed by atoms with Gasteiger partial charge in [0.25, 0.3) is 0 Å². The molecule has 0 radical (unpaired) electrons. The Morgan fingerprint density at radius 2 is 1.72 bits per heavy atom. The van der Waals surface area contributed by atoms with Crippen LogP contribution in [-0.2, 0) is 0 Å². The molecule has 8 heteroatoms. The van der Waals surface area contributed by atoms with Gasteiger partial charge in [-0.05, 0) is 54.6 Å². The quantitative estimate of drug-likeness (QED) is 0.373. The maximum atomic E-state index is 11.0. The molecular formula is C21H14Cl2N4O2. The zero-order valence-corrected chi connectivity index (χ0v) is 16.4. The highest BCUT2D eigenvalue weighted by atomic mass is 35.5. The summed E-state index contributed by atoms with van der Waals surface area (Å²) in [6.45, 7) is 0. The van der Waals surface area contributed by atoms with E-state index in [-0.39, 0.29) is 5.56 Å². The van der Waals surface area contributed by atoms with E-state index in [1.807, 2.05) is 6.07 Å². The summed E-state index contributed by atoms with van der Waals surface area (Å²) in [4.78, 5) is 18.4. The van der Waals surface area contributed by atoms with E-state index in [9.17, 15) is 4.79 Å². The fourth-order valence-corrected chi connectivity index (χ4v) is 3.12. The van der Waals surface area contributed by atoms with Gasteiger partial charge in [0.1, 0.15) is 5.82 Å². The van der Waals surface area contributed by atoms with Gasteiger partial charge in [0, 0.05) is 5.69 Å². The van der Waals surface area contributed by atoms with Gasteiger partial charge in [0.2, 0.25) is 0 Å². The van der Waals surface area contributed by atoms with E-state index in [0.29, 0.717) is 43.7 Å². The molecule has 0 fully saturated rings. The summed E-state index contributed by atoms with van der Waals surface area (Å²) in [7, 11) is 0. The third kappa shape index (κ3) is 4.66. The number of carboxylic acids is 1. The molecule has 4 aromatic rings. The van der Waals surface area contributed by atoms with Crippen molar-refractivity contribution in [2.45, 2.75) is 0 Å². The van der Waals surface area contributed by atoms with Crippen LogP contribution in [-0.4, -0.2) is 21.0 Å². The standard InChI is InChI=1S/C14H8Cl2N2O2.C7H6N2/c15-8-2-1-3-9(16)12(8)13-17-10-5-4-7(14(19)20)6-11(10)18-13;8-5-6-1-3-7(9)4-2-6/h1-6H,(H,17,18)(H,19,20);1-4H,9H2. The Bertz CT molecular complexity index is 1210. The van der Waals surface area contributed by atoms with Gasteiger partial charge in [-0.25, -0.2) is 9.78 Å². The Kier molecular flexibility index (Phi) is 6.03. The summed E-state index contributed by atoms with van der Waals surface area (Å²) >= 11 is 12.3. The lowest BCUT2D eigenvalue weighted by atomic mass is 10.2. The molecule has 1 heterocycles. The second-order valence-corrected chi connectivity index (χ2v) is 6.77.